The summed E-state index contributed by atoms with van der Waals surface area (Å²) in [6.07, 6.45) is -3.59. The first kappa shape index (κ1) is 21.0. The SMILES string of the molecule is Cc1c(N2C(=O)C(C)(C)Oc3cc(NS(C)(=O)=O)ccc32)cccc1C(F)(F)F. The van der Waals surface area contributed by atoms with Crippen LogP contribution < -0.4 is 14.4 Å². The van der Waals surface area contributed by atoms with Crippen LogP contribution in [0.5, 0.6) is 5.75 Å². The summed E-state index contributed by atoms with van der Waals surface area (Å²) in [6.45, 7) is 4.28. The van der Waals surface area contributed by atoms with Crippen LogP contribution in [-0.4, -0.2) is 26.2 Å². The van der Waals surface area contributed by atoms with Crippen LogP contribution in [0.3, 0.4) is 0 Å². The van der Waals surface area contributed by atoms with E-state index in [1.165, 1.54) is 56.0 Å². The van der Waals surface area contributed by atoms with Gasteiger partial charge in [0.2, 0.25) is 10.0 Å². The van der Waals surface area contributed by atoms with E-state index in [1.54, 1.807) is 0 Å². The number of ether oxygens (including phenoxy) is 1. The van der Waals surface area contributed by atoms with Crippen molar-refractivity contribution in [2.45, 2.75) is 32.5 Å². The van der Waals surface area contributed by atoms with Crippen LogP contribution in [0.15, 0.2) is 36.4 Å². The number of nitrogens with one attached hydrogen (secondary N) is 1. The van der Waals surface area contributed by atoms with Gasteiger partial charge in [0, 0.05) is 6.07 Å². The molecule has 1 aliphatic heterocycles. The maximum absolute atomic E-state index is 13.4. The number of benzene rings is 2. The lowest BCUT2D eigenvalue weighted by atomic mass is 9.99. The highest BCUT2D eigenvalue weighted by Crippen LogP contribution is 2.45. The Morgan fingerprint density at radius 3 is 2.34 bits per heavy atom. The summed E-state index contributed by atoms with van der Waals surface area (Å²) in [4.78, 5) is 14.2. The van der Waals surface area contributed by atoms with Crippen molar-refractivity contribution in [3.05, 3.63) is 47.5 Å². The Morgan fingerprint density at radius 1 is 1.10 bits per heavy atom. The van der Waals surface area contributed by atoms with Crippen molar-refractivity contribution >= 4 is 33.0 Å². The third-order valence-electron chi connectivity index (χ3n) is 4.44. The van der Waals surface area contributed by atoms with E-state index in [0.717, 1.165) is 12.3 Å². The minimum atomic E-state index is -4.57. The molecule has 0 bridgehead atoms. The Labute approximate surface area is 166 Å². The Morgan fingerprint density at radius 2 is 1.76 bits per heavy atom. The first-order valence-corrected chi connectivity index (χ1v) is 10.4. The van der Waals surface area contributed by atoms with Gasteiger partial charge in [-0.1, -0.05) is 6.07 Å². The zero-order valence-corrected chi connectivity index (χ0v) is 16.9. The molecule has 3 rings (SSSR count). The summed E-state index contributed by atoms with van der Waals surface area (Å²) in [5, 5.41) is 0. The summed E-state index contributed by atoms with van der Waals surface area (Å²) >= 11 is 0. The number of halogens is 3. The van der Waals surface area contributed by atoms with E-state index in [1.807, 2.05) is 0 Å². The minimum Gasteiger partial charge on any atom is -0.476 e. The van der Waals surface area contributed by atoms with Gasteiger partial charge in [0.05, 0.1) is 28.9 Å². The number of carbonyl (C=O) groups excluding carboxylic acids is 1. The second-order valence-corrected chi connectivity index (χ2v) is 9.01. The fourth-order valence-corrected chi connectivity index (χ4v) is 3.72. The van der Waals surface area contributed by atoms with Gasteiger partial charge in [-0.2, -0.15) is 13.2 Å². The quantitative estimate of drug-likeness (QED) is 0.794. The minimum absolute atomic E-state index is 0.0753. The Bertz CT molecular complexity index is 1100. The summed E-state index contributed by atoms with van der Waals surface area (Å²) in [6, 6.07) is 7.84. The number of nitrogens with zero attached hydrogens (tertiary/aromatic N) is 1. The van der Waals surface area contributed by atoms with E-state index in [4.69, 9.17) is 4.74 Å². The summed E-state index contributed by atoms with van der Waals surface area (Å²) < 4.78 is 71.1. The molecule has 1 heterocycles. The average molecular weight is 428 g/mol. The number of alkyl halides is 3. The Hall–Kier alpha value is -2.75. The highest BCUT2D eigenvalue weighted by atomic mass is 32.2. The van der Waals surface area contributed by atoms with E-state index in [-0.39, 0.29) is 28.4 Å². The fourth-order valence-electron chi connectivity index (χ4n) is 3.17. The molecular formula is C19H19F3N2O4S. The van der Waals surface area contributed by atoms with Crippen molar-refractivity contribution in [2.75, 3.05) is 15.9 Å². The van der Waals surface area contributed by atoms with Crippen molar-refractivity contribution in [2.24, 2.45) is 0 Å². The zero-order valence-electron chi connectivity index (χ0n) is 16.1. The predicted octanol–water partition coefficient (Wildman–Crippen LogP) is 4.22. The summed E-state index contributed by atoms with van der Waals surface area (Å²) in [5.41, 5.74) is -1.82. The topological polar surface area (TPSA) is 75.7 Å². The van der Waals surface area contributed by atoms with Gasteiger partial charge in [-0.05, 0) is 50.6 Å². The van der Waals surface area contributed by atoms with E-state index in [2.05, 4.69) is 4.72 Å². The van der Waals surface area contributed by atoms with Gasteiger partial charge >= 0.3 is 6.18 Å². The molecule has 6 nitrogen and oxygen atoms in total. The Balaban J connectivity index is 2.20. The monoisotopic (exact) mass is 428 g/mol. The fraction of sp³-hybridized carbons (Fsp3) is 0.316. The number of amides is 1. The molecule has 1 amide bonds. The molecule has 0 spiro atoms. The van der Waals surface area contributed by atoms with Crippen LogP contribution in [0, 0.1) is 6.92 Å². The van der Waals surface area contributed by atoms with E-state index in [0.29, 0.717) is 0 Å². The Kier molecular flexibility index (Phi) is 4.81. The van der Waals surface area contributed by atoms with E-state index >= 15 is 0 Å². The van der Waals surface area contributed by atoms with E-state index in [9.17, 15) is 26.4 Å². The molecule has 0 atom stereocenters. The molecule has 0 radical (unpaired) electrons. The standard InChI is InChI=1S/C19H19F3N2O4S/c1-11-13(19(20,21)22)6-5-7-14(11)24-15-9-8-12(23-29(4,26)27)10-16(15)28-18(2,3)17(24)25/h5-10,23H,1-4H3. The lowest BCUT2D eigenvalue weighted by Gasteiger charge is -2.39. The number of hydrogen-bond donors (Lipinski definition) is 1. The summed E-state index contributed by atoms with van der Waals surface area (Å²) in [7, 11) is -3.55. The molecule has 0 aliphatic carbocycles. The van der Waals surface area contributed by atoms with Crippen LogP contribution in [0.2, 0.25) is 0 Å². The van der Waals surface area contributed by atoms with Gasteiger partial charge in [0.15, 0.2) is 5.60 Å². The van der Waals surface area contributed by atoms with Gasteiger partial charge in [0.25, 0.3) is 5.91 Å². The smallest absolute Gasteiger partial charge is 0.416 e. The molecule has 0 aromatic heterocycles. The van der Waals surface area contributed by atoms with Crippen LogP contribution in [0.25, 0.3) is 0 Å². The summed E-state index contributed by atoms with van der Waals surface area (Å²) in [5.74, 6) is -0.378. The molecule has 0 saturated heterocycles. The molecule has 0 fully saturated rings. The van der Waals surface area contributed by atoms with Gasteiger partial charge in [-0.3, -0.25) is 14.4 Å². The highest BCUT2D eigenvalue weighted by Gasteiger charge is 2.43. The molecule has 2 aromatic rings. The number of sulfonamides is 1. The number of anilines is 3. The third-order valence-corrected chi connectivity index (χ3v) is 5.05. The van der Waals surface area contributed by atoms with Crippen LogP contribution in [-0.2, 0) is 21.0 Å². The number of fused-ring (bicyclic) bond motifs is 1. The van der Waals surface area contributed by atoms with Crippen LogP contribution in [0.1, 0.15) is 25.0 Å². The molecule has 1 N–H and O–H groups in total. The number of hydrogen-bond acceptors (Lipinski definition) is 4. The van der Waals surface area contributed by atoms with Crippen molar-refractivity contribution < 1.29 is 31.1 Å². The average Bonchev–Trinajstić information content (AvgIpc) is 2.54. The molecule has 10 heteroatoms. The van der Waals surface area contributed by atoms with Gasteiger partial charge < -0.3 is 4.74 Å². The van der Waals surface area contributed by atoms with Crippen molar-refractivity contribution in [1.82, 2.24) is 0 Å². The molecule has 156 valence electrons. The maximum atomic E-state index is 13.4. The number of rotatable bonds is 3. The molecule has 29 heavy (non-hydrogen) atoms. The third kappa shape index (κ3) is 4.02. The largest absolute Gasteiger partial charge is 0.476 e. The van der Waals surface area contributed by atoms with Crippen molar-refractivity contribution in [3.8, 4) is 5.75 Å². The second-order valence-electron chi connectivity index (χ2n) is 7.26. The molecule has 2 aromatic carbocycles. The predicted molar refractivity (Wildman–Crippen MR) is 103 cm³/mol. The molecule has 1 aliphatic rings. The zero-order chi connectivity index (χ0) is 21.8. The lowest BCUT2D eigenvalue weighted by molar-refractivity contribution is -0.138. The first-order chi connectivity index (χ1) is 13.2. The number of carbonyl (C=O) groups is 1. The van der Waals surface area contributed by atoms with Gasteiger partial charge in [0.1, 0.15) is 5.75 Å². The van der Waals surface area contributed by atoms with Gasteiger partial charge in [-0.25, -0.2) is 8.42 Å². The second kappa shape index (κ2) is 6.65. The van der Waals surface area contributed by atoms with Crippen molar-refractivity contribution in [1.29, 1.82) is 0 Å². The maximum Gasteiger partial charge on any atom is 0.416 e. The molecule has 0 unspecified atom stereocenters. The highest BCUT2D eigenvalue weighted by molar-refractivity contribution is 7.92. The molecule has 0 saturated carbocycles. The van der Waals surface area contributed by atoms with Gasteiger partial charge in [-0.15, -0.1) is 0 Å². The lowest BCUT2D eigenvalue weighted by Crippen LogP contribution is -2.50. The van der Waals surface area contributed by atoms with E-state index < -0.39 is 33.3 Å². The first-order valence-electron chi connectivity index (χ1n) is 8.53. The van der Waals surface area contributed by atoms with Crippen molar-refractivity contribution in [3.63, 3.8) is 0 Å². The van der Waals surface area contributed by atoms with Crippen LogP contribution >= 0.6 is 0 Å². The normalized spacial score (nSPS) is 16.2. The van der Waals surface area contributed by atoms with Crippen LogP contribution in [0.4, 0.5) is 30.2 Å². The molecular weight excluding hydrogens is 409 g/mol.